The fourth-order valence-corrected chi connectivity index (χ4v) is 3.20. The number of hydrogen-bond donors (Lipinski definition) is 2. The molecule has 1 saturated heterocycles. The second kappa shape index (κ2) is 4.34. The maximum atomic E-state index is 10.8. The van der Waals surface area contributed by atoms with Crippen LogP contribution in [-0.2, 0) is 4.79 Å². The average Bonchev–Trinajstić information content (AvgIpc) is 1.97. The third-order valence-corrected chi connectivity index (χ3v) is 3.33. The van der Waals surface area contributed by atoms with Crippen molar-refractivity contribution in [3.8, 4) is 0 Å². The number of piperazine rings is 1. The number of rotatable bonds is 3. The molecule has 0 spiro atoms. The fraction of sp³-hybridized carbons (Fsp3) is 0.917. The summed E-state index contributed by atoms with van der Waals surface area (Å²) >= 11 is 0. The van der Waals surface area contributed by atoms with Crippen LogP contribution in [0.1, 0.15) is 41.0 Å². The van der Waals surface area contributed by atoms with Gasteiger partial charge in [-0.1, -0.05) is 0 Å². The standard InChI is InChI=1S/C12H24N2O2/c1-9(6-10(15)16)14-11(2,3)7-13-8-12(14,4)5/h9,13H,6-8H2,1-5H3,(H,15,16). The summed E-state index contributed by atoms with van der Waals surface area (Å²) < 4.78 is 0. The van der Waals surface area contributed by atoms with E-state index in [2.05, 4.69) is 37.9 Å². The highest BCUT2D eigenvalue weighted by Gasteiger charge is 2.43. The number of hydrogen-bond acceptors (Lipinski definition) is 3. The van der Waals surface area contributed by atoms with Gasteiger partial charge in [0.15, 0.2) is 0 Å². The monoisotopic (exact) mass is 228 g/mol. The number of aliphatic carboxylic acids is 1. The number of nitrogens with zero attached hydrogens (tertiary/aromatic N) is 1. The molecule has 0 amide bonds. The highest BCUT2D eigenvalue weighted by Crippen LogP contribution is 2.31. The van der Waals surface area contributed by atoms with Gasteiger partial charge in [0.25, 0.3) is 0 Å². The molecule has 1 aliphatic rings. The largest absolute Gasteiger partial charge is 0.481 e. The molecule has 4 heteroatoms. The smallest absolute Gasteiger partial charge is 0.304 e. The van der Waals surface area contributed by atoms with Gasteiger partial charge in [0.05, 0.1) is 6.42 Å². The molecule has 0 radical (unpaired) electrons. The van der Waals surface area contributed by atoms with Crippen LogP contribution in [0.4, 0.5) is 0 Å². The highest BCUT2D eigenvalue weighted by molar-refractivity contribution is 5.67. The Morgan fingerprint density at radius 1 is 1.31 bits per heavy atom. The second-order valence-electron chi connectivity index (χ2n) is 6.05. The van der Waals surface area contributed by atoms with Crippen LogP contribution in [0.5, 0.6) is 0 Å². The van der Waals surface area contributed by atoms with Crippen molar-refractivity contribution in [3.63, 3.8) is 0 Å². The summed E-state index contributed by atoms with van der Waals surface area (Å²) in [6.45, 7) is 12.5. The van der Waals surface area contributed by atoms with Crippen LogP contribution in [-0.4, -0.2) is 46.2 Å². The van der Waals surface area contributed by atoms with E-state index >= 15 is 0 Å². The lowest BCUT2D eigenvalue weighted by Crippen LogP contribution is -2.70. The van der Waals surface area contributed by atoms with Gasteiger partial charge in [0, 0.05) is 30.2 Å². The SMILES string of the molecule is CC(CC(=O)O)N1C(C)(C)CNCC1(C)C. The molecule has 0 aromatic rings. The van der Waals surface area contributed by atoms with Crippen LogP contribution in [0.2, 0.25) is 0 Å². The van der Waals surface area contributed by atoms with Crippen molar-refractivity contribution in [1.29, 1.82) is 0 Å². The summed E-state index contributed by atoms with van der Waals surface area (Å²) in [4.78, 5) is 13.2. The first-order valence-corrected chi connectivity index (χ1v) is 5.89. The van der Waals surface area contributed by atoms with E-state index in [9.17, 15) is 4.79 Å². The molecule has 94 valence electrons. The van der Waals surface area contributed by atoms with Gasteiger partial charge in [-0.3, -0.25) is 9.69 Å². The van der Waals surface area contributed by atoms with Crippen molar-refractivity contribution >= 4 is 5.97 Å². The van der Waals surface area contributed by atoms with Gasteiger partial charge < -0.3 is 10.4 Å². The first-order chi connectivity index (χ1) is 7.17. The van der Waals surface area contributed by atoms with Crippen molar-refractivity contribution < 1.29 is 9.90 Å². The first-order valence-electron chi connectivity index (χ1n) is 5.89. The van der Waals surface area contributed by atoms with Gasteiger partial charge in [-0.25, -0.2) is 0 Å². The average molecular weight is 228 g/mol. The third-order valence-electron chi connectivity index (χ3n) is 3.33. The van der Waals surface area contributed by atoms with Crippen LogP contribution in [0.15, 0.2) is 0 Å². The van der Waals surface area contributed by atoms with Crippen molar-refractivity contribution in [3.05, 3.63) is 0 Å². The molecule has 1 fully saturated rings. The van der Waals surface area contributed by atoms with Gasteiger partial charge in [-0.05, 0) is 34.6 Å². The summed E-state index contributed by atoms with van der Waals surface area (Å²) in [6.07, 6.45) is 0.201. The van der Waals surface area contributed by atoms with Gasteiger partial charge in [-0.2, -0.15) is 0 Å². The number of nitrogens with one attached hydrogen (secondary N) is 1. The minimum atomic E-state index is -0.724. The lowest BCUT2D eigenvalue weighted by Gasteiger charge is -2.55. The van der Waals surface area contributed by atoms with Gasteiger partial charge in [-0.15, -0.1) is 0 Å². The highest BCUT2D eigenvalue weighted by atomic mass is 16.4. The predicted molar refractivity (Wildman–Crippen MR) is 64.6 cm³/mol. The van der Waals surface area contributed by atoms with E-state index in [0.717, 1.165) is 13.1 Å². The van der Waals surface area contributed by atoms with E-state index < -0.39 is 5.97 Å². The number of carboxylic acids is 1. The first kappa shape index (κ1) is 13.5. The van der Waals surface area contributed by atoms with Crippen LogP contribution in [0.25, 0.3) is 0 Å². The molecule has 1 heterocycles. The lowest BCUT2D eigenvalue weighted by molar-refractivity contribution is -0.140. The molecule has 0 aromatic carbocycles. The molecule has 1 atom stereocenters. The summed E-state index contributed by atoms with van der Waals surface area (Å²) in [5, 5.41) is 12.3. The summed E-state index contributed by atoms with van der Waals surface area (Å²) in [5.74, 6) is -0.724. The summed E-state index contributed by atoms with van der Waals surface area (Å²) in [7, 11) is 0. The van der Waals surface area contributed by atoms with Crippen molar-refractivity contribution in [2.24, 2.45) is 0 Å². The molecule has 2 N–H and O–H groups in total. The number of carbonyl (C=O) groups is 1. The van der Waals surface area contributed by atoms with Crippen LogP contribution >= 0.6 is 0 Å². The second-order valence-corrected chi connectivity index (χ2v) is 6.05. The van der Waals surface area contributed by atoms with Crippen molar-refractivity contribution in [2.45, 2.75) is 58.2 Å². The molecule has 0 saturated carbocycles. The molecular formula is C12H24N2O2. The van der Waals surface area contributed by atoms with E-state index in [1.54, 1.807) is 0 Å². The van der Waals surface area contributed by atoms with Gasteiger partial charge >= 0.3 is 5.97 Å². The zero-order chi connectivity index (χ0) is 12.6. The van der Waals surface area contributed by atoms with Gasteiger partial charge in [0.1, 0.15) is 0 Å². The minimum absolute atomic E-state index is 0.00336. The van der Waals surface area contributed by atoms with Crippen LogP contribution in [0.3, 0.4) is 0 Å². The Morgan fingerprint density at radius 3 is 2.12 bits per heavy atom. The summed E-state index contributed by atoms with van der Waals surface area (Å²) in [5.41, 5.74) is -0.00671. The number of carboxylic acid groups (broad SMARTS) is 1. The Labute approximate surface area is 98.0 Å². The maximum absolute atomic E-state index is 10.8. The molecule has 0 aromatic heterocycles. The maximum Gasteiger partial charge on any atom is 0.304 e. The fourth-order valence-electron chi connectivity index (χ4n) is 3.20. The Hall–Kier alpha value is -0.610. The predicted octanol–water partition coefficient (Wildman–Crippen LogP) is 1.31. The molecule has 16 heavy (non-hydrogen) atoms. The third kappa shape index (κ3) is 2.74. The minimum Gasteiger partial charge on any atom is -0.481 e. The zero-order valence-corrected chi connectivity index (χ0v) is 11.0. The Kier molecular flexibility index (Phi) is 3.65. The Balaban J connectivity index is 2.89. The summed E-state index contributed by atoms with van der Waals surface area (Å²) in [6, 6.07) is 0.0598. The molecule has 1 aliphatic heterocycles. The van der Waals surface area contributed by atoms with Gasteiger partial charge in [0.2, 0.25) is 0 Å². The molecule has 0 bridgehead atoms. The zero-order valence-electron chi connectivity index (χ0n) is 11.0. The quantitative estimate of drug-likeness (QED) is 0.765. The van der Waals surface area contributed by atoms with E-state index in [-0.39, 0.29) is 23.5 Å². The topological polar surface area (TPSA) is 52.6 Å². The van der Waals surface area contributed by atoms with E-state index in [0.29, 0.717) is 0 Å². The van der Waals surface area contributed by atoms with E-state index in [1.807, 2.05) is 6.92 Å². The molecule has 4 nitrogen and oxygen atoms in total. The lowest BCUT2D eigenvalue weighted by atomic mass is 9.86. The van der Waals surface area contributed by atoms with Crippen LogP contribution in [0, 0.1) is 0 Å². The van der Waals surface area contributed by atoms with Crippen LogP contribution < -0.4 is 5.32 Å². The Bertz CT molecular complexity index is 258. The molecular weight excluding hydrogens is 204 g/mol. The van der Waals surface area contributed by atoms with E-state index in [4.69, 9.17) is 5.11 Å². The van der Waals surface area contributed by atoms with Crippen molar-refractivity contribution in [1.82, 2.24) is 10.2 Å². The normalized spacial score (nSPS) is 26.3. The van der Waals surface area contributed by atoms with E-state index in [1.165, 1.54) is 0 Å². The molecule has 0 aliphatic carbocycles. The molecule has 1 rings (SSSR count). The Morgan fingerprint density at radius 2 is 1.75 bits per heavy atom. The molecule has 1 unspecified atom stereocenters. The van der Waals surface area contributed by atoms with Crippen molar-refractivity contribution in [2.75, 3.05) is 13.1 Å².